The number of nitrogens with two attached hydrogens (primary N) is 1. The van der Waals surface area contributed by atoms with Gasteiger partial charge in [0.15, 0.2) is 0 Å². The maximum atomic E-state index is 12.9. The molecule has 0 aromatic heterocycles. The molecule has 0 bridgehead atoms. The first-order chi connectivity index (χ1) is 15.5. The van der Waals surface area contributed by atoms with E-state index in [1.165, 1.54) is 13.8 Å². The first-order valence-corrected chi connectivity index (χ1v) is 10.8. The third-order valence-corrected chi connectivity index (χ3v) is 5.57. The highest BCUT2D eigenvalue weighted by Gasteiger charge is 2.40. The average molecular weight is 465 g/mol. The van der Waals surface area contributed by atoms with Gasteiger partial charge < -0.3 is 36.6 Å². The molecule has 6 atom stereocenters. The van der Waals surface area contributed by atoms with E-state index < -0.39 is 60.1 Å². The van der Waals surface area contributed by atoms with E-state index in [0.717, 1.165) is 10.5 Å². The van der Waals surface area contributed by atoms with Crippen molar-refractivity contribution in [1.82, 2.24) is 15.5 Å². The SMILES string of the molecule is CC(O)C(NC(=O)C(N)Cc1ccccc1)C(=O)NC(C(=O)N1CCCC1C(=O)O)C(C)O. The predicted octanol–water partition coefficient (Wildman–Crippen LogP) is -1.64. The molecule has 1 aliphatic rings. The zero-order chi connectivity index (χ0) is 24.7. The number of carboxylic acid groups (broad SMARTS) is 1. The molecule has 11 heteroatoms. The number of hydrogen-bond donors (Lipinski definition) is 6. The van der Waals surface area contributed by atoms with E-state index in [1.54, 1.807) is 24.3 Å². The monoisotopic (exact) mass is 464 g/mol. The molecule has 1 aliphatic heterocycles. The Bertz CT molecular complexity index is 846. The third-order valence-electron chi connectivity index (χ3n) is 5.57. The number of aliphatic hydroxyl groups excluding tert-OH is 2. The predicted molar refractivity (Wildman–Crippen MR) is 118 cm³/mol. The van der Waals surface area contributed by atoms with Crippen molar-refractivity contribution in [1.29, 1.82) is 0 Å². The van der Waals surface area contributed by atoms with Crippen molar-refractivity contribution in [2.24, 2.45) is 5.73 Å². The fourth-order valence-electron chi connectivity index (χ4n) is 3.72. The van der Waals surface area contributed by atoms with Crippen LogP contribution in [-0.2, 0) is 25.6 Å². The number of aliphatic hydroxyl groups is 2. The molecule has 3 amide bonds. The van der Waals surface area contributed by atoms with E-state index >= 15 is 0 Å². The molecule has 1 fully saturated rings. The molecule has 1 heterocycles. The van der Waals surface area contributed by atoms with Crippen molar-refractivity contribution in [2.75, 3.05) is 6.54 Å². The van der Waals surface area contributed by atoms with E-state index in [4.69, 9.17) is 5.73 Å². The number of hydrogen-bond acceptors (Lipinski definition) is 7. The third kappa shape index (κ3) is 6.98. The Morgan fingerprint density at radius 3 is 2.15 bits per heavy atom. The summed E-state index contributed by atoms with van der Waals surface area (Å²) in [5, 5.41) is 34.2. The minimum Gasteiger partial charge on any atom is -0.480 e. The second kappa shape index (κ2) is 11.7. The number of nitrogens with one attached hydrogen (secondary N) is 2. The lowest BCUT2D eigenvalue weighted by Crippen LogP contribution is -2.62. The molecule has 0 saturated carbocycles. The van der Waals surface area contributed by atoms with E-state index in [0.29, 0.717) is 6.42 Å². The minimum absolute atomic E-state index is 0.180. The molecule has 6 unspecified atom stereocenters. The summed E-state index contributed by atoms with van der Waals surface area (Å²) >= 11 is 0. The Kier molecular flexibility index (Phi) is 9.32. The summed E-state index contributed by atoms with van der Waals surface area (Å²) in [7, 11) is 0. The Hall–Kier alpha value is -3.02. The highest BCUT2D eigenvalue weighted by atomic mass is 16.4. The first kappa shape index (κ1) is 26.2. The normalized spacial score (nSPS) is 20.3. The van der Waals surface area contributed by atoms with Crippen LogP contribution >= 0.6 is 0 Å². The highest BCUT2D eigenvalue weighted by Crippen LogP contribution is 2.19. The smallest absolute Gasteiger partial charge is 0.326 e. The topological polar surface area (TPSA) is 182 Å². The van der Waals surface area contributed by atoms with Crippen molar-refractivity contribution in [3.05, 3.63) is 35.9 Å². The number of rotatable bonds is 10. The zero-order valence-corrected chi connectivity index (χ0v) is 18.7. The van der Waals surface area contributed by atoms with Crippen LogP contribution in [0.2, 0.25) is 0 Å². The zero-order valence-electron chi connectivity index (χ0n) is 18.7. The van der Waals surface area contributed by atoms with Gasteiger partial charge in [0.25, 0.3) is 0 Å². The summed E-state index contributed by atoms with van der Waals surface area (Å²) in [5.41, 5.74) is 6.76. The Morgan fingerprint density at radius 1 is 1.03 bits per heavy atom. The Labute approximate surface area is 191 Å². The lowest BCUT2D eigenvalue weighted by Gasteiger charge is -2.30. The van der Waals surface area contributed by atoms with Gasteiger partial charge in [-0.25, -0.2) is 4.79 Å². The summed E-state index contributed by atoms with van der Waals surface area (Å²) in [6, 6.07) is 4.10. The molecule has 1 aromatic carbocycles. The number of amides is 3. The quantitative estimate of drug-likeness (QED) is 0.238. The van der Waals surface area contributed by atoms with Gasteiger partial charge in [0.05, 0.1) is 18.2 Å². The van der Waals surface area contributed by atoms with Gasteiger partial charge >= 0.3 is 5.97 Å². The summed E-state index contributed by atoms with van der Waals surface area (Å²) in [6.45, 7) is 2.74. The number of aliphatic carboxylic acids is 1. The first-order valence-electron chi connectivity index (χ1n) is 10.8. The van der Waals surface area contributed by atoms with E-state index in [2.05, 4.69) is 10.6 Å². The highest BCUT2D eigenvalue weighted by molar-refractivity contribution is 5.94. The van der Waals surface area contributed by atoms with Crippen molar-refractivity contribution in [3.63, 3.8) is 0 Å². The molecule has 0 radical (unpaired) electrons. The van der Waals surface area contributed by atoms with Gasteiger partial charge in [-0.3, -0.25) is 14.4 Å². The second-order valence-corrected chi connectivity index (χ2v) is 8.28. The van der Waals surface area contributed by atoms with Crippen molar-refractivity contribution < 1.29 is 34.5 Å². The number of benzene rings is 1. The van der Waals surface area contributed by atoms with Gasteiger partial charge in [-0.2, -0.15) is 0 Å². The maximum Gasteiger partial charge on any atom is 0.326 e. The lowest BCUT2D eigenvalue weighted by atomic mass is 10.0. The summed E-state index contributed by atoms with van der Waals surface area (Å²) in [4.78, 5) is 50.7. The van der Waals surface area contributed by atoms with Crippen molar-refractivity contribution in [2.45, 2.75) is 69.5 Å². The summed E-state index contributed by atoms with van der Waals surface area (Å²) < 4.78 is 0. The van der Waals surface area contributed by atoms with Crippen LogP contribution in [0.3, 0.4) is 0 Å². The van der Waals surface area contributed by atoms with E-state index in [1.807, 2.05) is 6.07 Å². The van der Waals surface area contributed by atoms with Gasteiger partial charge in [-0.1, -0.05) is 30.3 Å². The second-order valence-electron chi connectivity index (χ2n) is 8.28. The number of carbonyl (C=O) groups excluding carboxylic acids is 3. The van der Waals surface area contributed by atoms with Crippen LogP contribution in [0, 0.1) is 0 Å². The fourth-order valence-corrected chi connectivity index (χ4v) is 3.72. The van der Waals surface area contributed by atoms with Crippen LogP contribution in [0.1, 0.15) is 32.3 Å². The van der Waals surface area contributed by atoms with Gasteiger partial charge in [0.1, 0.15) is 18.1 Å². The fraction of sp³-hybridized carbons (Fsp3) is 0.545. The van der Waals surface area contributed by atoms with Gasteiger partial charge in [-0.15, -0.1) is 0 Å². The number of likely N-dealkylation sites (tertiary alicyclic amines) is 1. The lowest BCUT2D eigenvalue weighted by molar-refractivity contribution is -0.151. The minimum atomic E-state index is -1.45. The molecule has 2 rings (SSSR count). The van der Waals surface area contributed by atoms with Crippen molar-refractivity contribution in [3.8, 4) is 0 Å². The number of carboxylic acids is 1. The van der Waals surface area contributed by atoms with Crippen LogP contribution in [0.5, 0.6) is 0 Å². The molecule has 182 valence electrons. The largest absolute Gasteiger partial charge is 0.480 e. The number of nitrogens with zero attached hydrogens (tertiary/aromatic N) is 1. The molecule has 0 aliphatic carbocycles. The molecular weight excluding hydrogens is 432 g/mol. The Morgan fingerprint density at radius 2 is 1.61 bits per heavy atom. The maximum absolute atomic E-state index is 12.9. The molecule has 0 spiro atoms. The van der Waals surface area contributed by atoms with E-state index in [-0.39, 0.29) is 19.4 Å². The summed E-state index contributed by atoms with van der Waals surface area (Å²) in [6.07, 6.45) is -1.72. The van der Waals surface area contributed by atoms with Crippen molar-refractivity contribution >= 4 is 23.7 Å². The van der Waals surface area contributed by atoms with Gasteiger partial charge in [0, 0.05) is 6.54 Å². The van der Waals surface area contributed by atoms with Gasteiger partial charge in [-0.05, 0) is 38.7 Å². The summed E-state index contributed by atoms with van der Waals surface area (Å²) in [5.74, 6) is -3.50. The van der Waals surface area contributed by atoms with Crippen LogP contribution < -0.4 is 16.4 Å². The average Bonchev–Trinajstić information content (AvgIpc) is 3.25. The number of carbonyl (C=O) groups is 4. The standard InChI is InChI=1S/C22H32N4O7/c1-12(27)17(24-19(29)15(23)11-14-7-4-3-5-8-14)20(30)25-18(13(2)28)21(31)26-10-6-9-16(26)22(32)33/h3-5,7-8,12-13,15-18,27-28H,6,9-11,23H2,1-2H3,(H,24,29)(H,25,30)(H,32,33). The molecule has 33 heavy (non-hydrogen) atoms. The molecule has 1 saturated heterocycles. The van der Waals surface area contributed by atoms with Crippen LogP contribution in [0.4, 0.5) is 0 Å². The molecule has 1 aromatic rings. The molecule has 7 N–H and O–H groups in total. The van der Waals surface area contributed by atoms with Crippen LogP contribution in [0.25, 0.3) is 0 Å². The molecular formula is C22H32N4O7. The molecule has 11 nitrogen and oxygen atoms in total. The van der Waals surface area contributed by atoms with Crippen LogP contribution in [-0.4, -0.2) is 86.8 Å². The Balaban J connectivity index is 2.07. The van der Waals surface area contributed by atoms with Crippen LogP contribution in [0.15, 0.2) is 30.3 Å². The van der Waals surface area contributed by atoms with E-state index in [9.17, 15) is 34.5 Å². The van der Waals surface area contributed by atoms with Gasteiger partial charge in [0.2, 0.25) is 17.7 Å².